The Labute approximate surface area is 91.4 Å². The first kappa shape index (κ1) is 10.7. The average Bonchev–Trinajstić information content (AvgIpc) is 2.77. The molecule has 1 N–H and O–H groups in total. The third kappa shape index (κ3) is 3.08. The zero-order valence-electron chi connectivity index (χ0n) is 9.57. The van der Waals surface area contributed by atoms with Crippen molar-refractivity contribution in [2.24, 2.45) is 0 Å². The third-order valence-corrected chi connectivity index (χ3v) is 3.00. The molecule has 15 heavy (non-hydrogen) atoms. The normalized spacial score (nSPS) is 24.5. The summed E-state index contributed by atoms with van der Waals surface area (Å²) in [7, 11) is 2.18. The van der Waals surface area contributed by atoms with E-state index in [1.165, 1.54) is 19.5 Å². The number of rotatable bonds is 4. The second-order valence-corrected chi connectivity index (χ2v) is 4.60. The number of likely N-dealkylation sites (N-methyl/N-ethyl adjacent to an activating group) is 1. The molecule has 1 fully saturated rings. The van der Waals surface area contributed by atoms with Gasteiger partial charge in [-0.3, -0.25) is 0 Å². The summed E-state index contributed by atoms with van der Waals surface area (Å²) >= 11 is 0. The van der Waals surface area contributed by atoms with E-state index in [1.807, 2.05) is 12.1 Å². The van der Waals surface area contributed by atoms with Crippen molar-refractivity contribution in [1.82, 2.24) is 10.2 Å². The molecule has 1 saturated heterocycles. The summed E-state index contributed by atoms with van der Waals surface area (Å²) < 4.78 is 5.34. The molecule has 1 aromatic heterocycles. The van der Waals surface area contributed by atoms with Crippen molar-refractivity contribution in [3.8, 4) is 0 Å². The van der Waals surface area contributed by atoms with Gasteiger partial charge in [0.25, 0.3) is 0 Å². The Balaban J connectivity index is 1.75. The summed E-state index contributed by atoms with van der Waals surface area (Å²) in [6, 6.07) is 5.14. The molecule has 0 amide bonds. The minimum absolute atomic E-state index is 0.493. The van der Waals surface area contributed by atoms with Gasteiger partial charge in [0.2, 0.25) is 0 Å². The zero-order chi connectivity index (χ0) is 10.7. The highest BCUT2D eigenvalue weighted by Crippen LogP contribution is 2.09. The van der Waals surface area contributed by atoms with Gasteiger partial charge in [-0.2, -0.15) is 0 Å². The molecule has 1 aromatic rings. The van der Waals surface area contributed by atoms with Crippen LogP contribution < -0.4 is 5.32 Å². The Bertz CT molecular complexity index is 284. The van der Waals surface area contributed by atoms with Gasteiger partial charge in [-0.25, -0.2) is 0 Å². The highest BCUT2D eigenvalue weighted by atomic mass is 16.3. The molecule has 0 radical (unpaired) electrons. The van der Waals surface area contributed by atoms with Crippen molar-refractivity contribution in [2.75, 3.05) is 20.1 Å². The van der Waals surface area contributed by atoms with Crippen LogP contribution in [0.2, 0.25) is 0 Å². The average molecular weight is 208 g/mol. The van der Waals surface area contributed by atoms with Crippen molar-refractivity contribution in [2.45, 2.75) is 31.8 Å². The van der Waals surface area contributed by atoms with Crippen LogP contribution in [0.25, 0.3) is 0 Å². The van der Waals surface area contributed by atoms with Gasteiger partial charge in [0.1, 0.15) is 5.76 Å². The van der Waals surface area contributed by atoms with E-state index in [1.54, 1.807) is 6.26 Å². The molecule has 3 nitrogen and oxygen atoms in total. The molecule has 84 valence electrons. The van der Waals surface area contributed by atoms with E-state index in [0.29, 0.717) is 12.1 Å². The second kappa shape index (κ2) is 4.81. The number of nitrogens with one attached hydrogen (secondary N) is 1. The van der Waals surface area contributed by atoms with E-state index < -0.39 is 0 Å². The topological polar surface area (TPSA) is 28.4 Å². The molecule has 0 bridgehead atoms. The van der Waals surface area contributed by atoms with Crippen LogP contribution in [-0.4, -0.2) is 37.1 Å². The Hall–Kier alpha value is -0.800. The van der Waals surface area contributed by atoms with E-state index in [4.69, 9.17) is 4.42 Å². The highest BCUT2D eigenvalue weighted by Gasteiger charge is 2.20. The molecule has 2 rings (SSSR count). The molecular formula is C12H20N2O. The van der Waals surface area contributed by atoms with Crippen LogP contribution in [0.5, 0.6) is 0 Å². The highest BCUT2D eigenvalue weighted by molar-refractivity contribution is 5.00. The van der Waals surface area contributed by atoms with Crippen molar-refractivity contribution < 1.29 is 4.42 Å². The van der Waals surface area contributed by atoms with Crippen LogP contribution in [0, 0.1) is 0 Å². The fourth-order valence-corrected chi connectivity index (χ4v) is 2.26. The van der Waals surface area contributed by atoms with Crippen LogP contribution in [0.3, 0.4) is 0 Å². The quantitative estimate of drug-likeness (QED) is 0.813. The zero-order valence-corrected chi connectivity index (χ0v) is 9.57. The van der Waals surface area contributed by atoms with Gasteiger partial charge in [-0.1, -0.05) is 0 Å². The predicted octanol–water partition coefficient (Wildman–Crippen LogP) is 1.50. The van der Waals surface area contributed by atoms with E-state index >= 15 is 0 Å². The fourth-order valence-electron chi connectivity index (χ4n) is 2.26. The number of likely N-dealkylation sites (tertiary alicyclic amines) is 1. The summed E-state index contributed by atoms with van der Waals surface area (Å²) in [5.41, 5.74) is 0. The van der Waals surface area contributed by atoms with E-state index in [0.717, 1.165) is 12.2 Å². The first-order valence-electron chi connectivity index (χ1n) is 5.71. The fraction of sp³-hybridized carbons (Fsp3) is 0.667. The van der Waals surface area contributed by atoms with Gasteiger partial charge in [-0.15, -0.1) is 0 Å². The predicted molar refractivity (Wildman–Crippen MR) is 60.9 cm³/mol. The molecule has 0 aliphatic carbocycles. The molecule has 2 heterocycles. The summed E-state index contributed by atoms with van der Waals surface area (Å²) in [6.07, 6.45) is 3.98. The van der Waals surface area contributed by atoms with Crippen LogP contribution in [0.1, 0.15) is 19.1 Å². The maximum Gasteiger partial charge on any atom is 0.105 e. The van der Waals surface area contributed by atoms with Crippen LogP contribution in [0.4, 0.5) is 0 Å². The Morgan fingerprint density at radius 1 is 1.67 bits per heavy atom. The molecular weight excluding hydrogens is 188 g/mol. The van der Waals surface area contributed by atoms with Gasteiger partial charge >= 0.3 is 0 Å². The molecule has 0 saturated carbocycles. The molecule has 2 unspecified atom stereocenters. The lowest BCUT2D eigenvalue weighted by molar-refractivity contribution is 0.377. The maximum atomic E-state index is 5.34. The standard InChI is InChI=1S/C12H20N2O/c1-10(8-12-4-3-7-15-12)13-11-5-6-14(2)9-11/h3-4,7,10-11,13H,5-6,8-9H2,1-2H3. The number of nitrogens with zero attached hydrogens (tertiary/aromatic N) is 1. The molecule has 2 atom stereocenters. The minimum atomic E-state index is 0.493. The number of hydrogen-bond acceptors (Lipinski definition) is 3. The monoisotopic (exact) mass is 208 g/mol. The molecule has 0 aromatic carbocycles. The van der Waals surface area contributed by atoms with Crippen molar-refractivity contribution in [3.05, 3.63) is 24.2 Å². The van der Waals surface area contributed by atoms with E-state index in [-0.39, 0.29) is 0 Å². The molecule has 1 aliphatic rings. The third-order valence-electron chi connectivity index (χ3n) is 3.00. The first-order chi connectivity index (χ1) is 7.24. The van der Waals surface area contributed by atoms with Gasteiger partial charge in [0.05, 0.1) is 6.26 Å². The maximum absolute atomic E-state index is 5.34. The van der Waals surface area contributed by atoms with Crippen molar-refractivity contribution in [3.63, 3.8) is 0 Å². The van der Waals surface area contributed by atoms with Gasteiger partial charge < -0.3 is 14.6 Å². The summed E-state index contributed by atoms with van der Waals surface area (Å²) in [4.78, 5) is 2.37. The largest absolute Gasteiger partial charge is 0.469 e. The lowest BCUT2D eigenvalue weighted by atomic mass is 10.1. The lowest BCUT2D eigenvalue weighted by Crippen LogP contribution is -2.39. The van der Waals surface area contributed by atoms with Gasteiger partial charge in [-0.05, 0) is 39.1 Å². The molecule has 1 aliphatic heterocycles. The minimum Gasteiger partial charge on any atom is -0.469 e. The lowest BCUT2D eigenvalue weighted by Gasteiger charge is -2.18. The summed E-state index contributed by atoms with van der Waals surface area (Å²) in [6.45, 7) is 4.61. The SMILES string of the molecule is CC(Cc1ccco1)NC1CCN(C)C1. The van der Waals surface area contributed by atoms with Crippen molar-refractivity contribution >= 4 is 0 Å². The first-order valence-corrected chi connectivity index (χ1v) is 5.71. The van der Waals surface area contributed by atoms with Gasteiger partial charge in [0.15, 0.2) is 0 Å². The summed E-state index contributed by atoms with van der Waals surface area (Å²) in [5, 5.41) is 3.65. The molecule has 0 spiro atoms. The molecule has 3 heteroatoms. The van der Waals surface area contributed by atoms with Crippen LogP contribution in [0.15, 0.2) is 22.8 Å². The number of furan rings is 1. The summed E-state index contributed by atoms with van der Waals surface area (Å²) in [5.74, 6) is 1.07. The van der Waals surface area contributed by atoms with Gasteiger partial charge in [0, 0.05) is 25.0 Å². The van der Waals surface area contributed by atoms with Crippen LogP contribution in [-0.2, 0) is 6.42 Å². The Kier molecular flexibility index (Phi) is 3.44. The van der Waals surface area contributed by atoms with E-state index in [9.17, 15) is 0 Å². The Morgan fingerprint density at radius 2 is 2.53 bits per heavy atom. The Morgan fingerprint density at radius 3 is 3.13 bits per heavy atom. The number of hydrogen-bond donors (Lipinski definition) is 1. The second-order valence-electron chi connectivity index (χ2n) is 4.60. The van der Waals surface area contributed by atoms with Crippen molar-refractivity contribution in [1.29, 1.82) is 0 Å². The van der Waals surface area contributed by atoms with Crippen LogP contribution >= 0.6 is 0 Å². The van der Waals surface area contributed by atoms with E-state index in [2.05, 4.69) is 24.2 Å². The smallest absolute Gasteiger partial charge is 0.105 e.